The Morgan fingerprint density at radius 1 is 1.53 bits per heavy atom. The van der Waals surface area contributed by atoms with Gasteiger partial charge in [0, 0.05) is 19.6 Å². The topological polar surface area (TPSA) is 71.8 Å². The van der Waals surface area contributed by atoms with E-state index in [1.165, 1.54) is 6.26 Å². The fraction of sp³-hybridized carbons (Fsp3) is 0.455. The Balaban J connectivity index is 1.72. The molecular weight excluding hydrogens is 224 g/mol. The van der Waals surface area contributed by atoms with E-state index in [4.69, 9.17) is 9.15 Å². The number of rotatable bonds is 4. The molecular formula is C11H14N2O4. The van der Waals surface area contributed by atoms with Crippen molar-refractivity contribution >= 4 is 11.8 Å². The smallest absolute Gasteiger partial charge is 0.287 e. The van der Waals surface area contributed by atoms with Gasteiger partial charge in [0.05, 0.1) is 12.9 Å². The monoisotopic (exact) mass is 238 g/mol. The van der Waals surface area contributed by atoms with Gasteiger partial charge in [0.15, 0.2) is 5.76 Å². The van der Waals surface area contributed by atoms with Gasteiger partial charge in [-0.1, -0.05) is 0 Å². The molecule has 2 amide bonds. The summed E-state index contributed by atoms with van der Waals surface area (Å²) in [4.78, 5) is 24.5. The van der Waals surface area contributed by atoms with Crippen LogP contribution in [0.3, 0.4) is 0 Å². The molecule has 0 spiro atoms. The van der Waals surface area contributed by atoms with Crippen LogP contribution in [0, 0.1) is 0 Å². The fourth-order valence-electron chi connectivity index (χ4n) is 1.59. The summed E-state index contributed by atoms with van der Waals surface area (Å²) in [5.41, 5.74) is 0. The minimum atomic E-state index is -0.268. The Morgan fingerprint density at radius 3 is 3.12 bits per heavy atom. The Hall–Kier alpha value is -1.82. The first-order valence-corrected chi connectivity index (χ1v) is 5.44. The molecule has 1 aliphatic rings. The maximum atomic E-state index is 11.5. The quantitative estimate of drug-likeness (QED) is 0.793. The minimum Gasteiger partial charge on any atom is -0.459 e. The predicted octanol–water partition coefficient (Wildman–Crippen LogP) is -0.132. The predicted molar refractivity (Wildman–Crippen MR) is 58.4 cm³/mol. The van der Waals surface area contributed by atoms with Gasteiger partial charge in [0.2, 0.25) is 5.91 Å². The molecule has 1 aromatic heterocycles. The summed E-state index contributed by atoms with van der Waals surface area (Å²) in [5.74, 6) is -0.0301. The van der Waals surface area contributed by atoms with Crippen molar-refractivity contribution in [3.63, 3.8) is 0 Å². The van der Waals surface area contributed by atoms with Crippen LogP contribution in [0.25, 0.3) is 0 Å². The number of carbonyl (C=O) groups excluding carboxylic acids is 2. The van der Waals surface area contributed by atoms with Crippen LogP contribution in [0.5, 0.6) is 0 Å². The van der Waals surface area contributed by atoms with Crippen LogP contribution in [0.15, 0.2) is 22.8 Å². The molecule has 1 fully saturated rings. The number of ether oxygens (including phenoxy) is 1. The van der Waals surface area contributed by atoms with E-state index in [0.717, 1.165) is 0 Å². The summed E-state index contributed by atoms with van der Waals surface area (Å²) >= 11 is 0. The van der Waals surface area contributed by atoms with E-state index >= 15 is 0 Å². The van der Waals surface area contributed by atoms with Gasteiger partial charge in [-0.3, -0.25) is 9.59 Å². The van der Waals surface area contributed by atoms with Crippen molar-refractivity contribution in [1.82, 2.24) is 10.2 Å². The molecule has 2 heterocycles. The standard InChI is InChI=1S/C11H14N2O4/c14-10-8-16-7-5-13(10)4-3-12-11(15)9-2-1-6-17-9/h1-2,6H,3-5,7-8H2,(H,12,15). The Bertz CT molecular complexity index is 388. The third kappa shape index (κ3) is 3.07. The second-order valence-electron chi connectivity index (χ2n) is 3.67. The summed E-state index contributed by atoms with van der Waals surface area (Å²) in [6.45, 7) is 2.17. The van der Waals surface area contributed by atoms with Crippen LogP contribution in [0.2, 0.25) is 0 Å². The number of carbonyl (C=O) groups is 2. The molecule has 2 rings (SSSR count). The summed E-state index contributed by atoms with van der Waals surface area (Å²) in [6.07, 6.45) is 1.44. The molecule has 0 radical (unpaired) electrons. The summed E-state index contributed by atoms with van der Waals surface area (Å²) in [5, 5.41) is 2.69. The van der Waals surface area contributed by atoms with E-state index in [2.05, 4.69) is 5.32 Å². The van der Waals surface area contributed by atoms with Crippen molar-refractivity contribution in [2.45, 2.75) is 0 Å². The second-order valence-corrected chi connectivity index (χ2v) is 3.67. The average Bonchev–Trinajstić information content (AvgIpc) is 2.85. The summed E-state index contributed by atoms with van der Waals surface area (Å²) in [7, 11) is 0. The van der Waals surface area contributed by atoms with E-state index in [1.807, 2.05) is 0 Å². The van der Waals surface area contributed by atoms with E-state index < -0.39 is 0 Å². The van der Waals surface area contributed by atoms with Gasteiger partial charge in [-0.2, -0.15) is 0 Å². The molecule has 6 heteroatoms. The molecule has 6 nitrogen and oxygen atoms in total. The highest BCUT2D eigenvalue weighted by Crippen LogP contribution is 2.00. The van der Waals surface area contributed by atoms with Gasteiger partial charge >= 0.3 is 0 Å². The number of furan rings is 1. The molecule has 1 saturated heterocycles. The zero-order chi connectivity index (χ0) is 12.1. The largest absolute Gasteiger partial charge is 0.459 e. The van der Waals surface area contributed by atoms with Gasteiger partial charge in [-0.15, -0.1) is 0 Å². The first-order valence-electron chi connectivity index (χ1n) is 5.44. The number of nitrogens with zero attached hydrogens (tertiary/aromatic N) is 1. The maximum absolute atomic E-state index is 11.5. The van der Waals surface area contributed by atoms with Crippen molar-refractivity contribution in [3.05, 3.63) is 24.2 Å². The SMILES string of the molecule is O=C(NCCN1CCOCC1=O)c1ccco1. The van der Waals surface area contributed by atoms with Crippen LogP contribution < -0.4 is 5.32 Å². The van der Waals surface area contributed by atoms with Crippen molar-refractivity contribution in [2.24, 2.45) is 0 Å². The van der Waals surface area contributed by atoms with E-state index in [0.29, 0.717) is 26.2 Å². The van der Waals surface area contributed by atoms with Crippen LogP contribution in [0.1, 0.15) is 10.6 Å². The molecule has 0 unspecified atom stereocenters. The third-order valence-corrected chi connectivity index (χ3v) is 2.50. The van der Waals surface area contributed by atoms with E-state index in [9.17, 15) is 9.59 Å². The lowest BCUT2D eigenvalue weighted by molar-refractivity contribution is -0.142. The number of hydrogen-bond donors (Lipinski definition) is 1. The molecule has 92 valence electrons. The number of hydrogen-bond acceptors (Lipinski definition) is 4. The highest BCUT2D eigenvalue weighted by Gasteiger charge is 2.18. The zero-order valence-electron chi connectivity index (χ0n) is 9.35. The lowest BCUT2D eigenvalue weighted by Crippen LogP contribution is -2.45. The van der Waals surface area contributed by atoms with Crippen LogP contribution >= 0.6 is 0 Å². The van der Waals surface area contributed by atoms with Crippen LogP contribution in [0.4, 0.5) is 0 Å². The molecule has 0 atom stereocenters. The first kappa shape index (κ1) is 11.7. The summed E-state index contributed by atoms with van der Waals surface area (Å²) in [6, 6.07) is 3.25. The minimum absolute atomic E-state index is 0.0384. The number of amides is 2. The molecule has 0 aliphatic carbocycles. The Labute approximate surface area is 98.5 Å². The molecule has 1 N–H and O–H groups in total. The first-order chi connectivity index (χ1) is 8.27. The molecule has 1 aromatic rings. The average molecular weight is 238 g/mol. The lowest BCUT2D eigenvalue weighted by atomic mass is 10.4. The molecule has 17 heavy (non-hydrogen) atoms. The highest BCUT2D eigenvalue weighted by atomic mass is 16.5. The second kappa shape index (κ2) is 5.49. The summed E-state index contributed by atoms with van der Waals surface area (Å²) < 4.78 is 9.95. The van der Waals surface area contributed by atoms with E-state index in [-0.39, 0.29) is 24.2 Å². The maximum Gasteiger partial charge on any atom is 0.287 e. The van der Waals surface area contributed by atoms with Gasteiger partial charge in [0.1, 0.15) is 6.61 Å². The van der Waals surface area contributed by atoms with Gasteiger partial charge in [0.25, 0.3) is 5.91 Å². The number of nitrogens with one attached hydrogen (secondary N) is 1. The van der Waals surface area contributed by atoms with Gasteiger partial charge in [-0.25, -0.2) is 0 Å². The van der Waals surface area contributed by atoms with Gasteiger partial charge < -0.3 is 19.4 Å². The van der Waals surface area contributed by atoms with Crippen LogP contribution in [-0.2, 0) is 9.53 Å². The van der Waals surface area contributed by atoms with Gasteiger partial charge in [-0.05, 0) is 12.1 Å². The lowest BCUT2D eigenvalue weighted by Gasteiger charge is -2.26. The Kier molecular flexibility index (Phi) is 3.77. The van der Waals surface area contributed by atoms with E-state index in [1.54, 1.807) is 17.0 Å². The normalized spacial score (nSPS) is 16.0. The third-order valence-electron chi connectivity index (χ3n) is 2.50. The molecule has 0 bridgehead atoms. The van der Waals surface area contributed by atoms with Crippen LogP contribution in [-0.4, -0.2) is 49.6 Å². The van der Waals surface area contributed by atoms with Crippen molar-refractivity contribution < 1.29 is 18.7 Å². The molecule has 0 saturated carbocycles. The van der Waals surface area contributed by atoms with Crippen molar-refractivity contribution in [2.75, 3.05) is 32.8 Å². The number of morpholine rings is 1. The fourth-order valence-corrected chi connectivity index (χ4v) is 1.59. The van der Waals surface area contributed by atoms with Crippen molar-refractivity contribution in [3.8, 4) is 0 Å². The van der Waals surface area contributed by atoms with Crippen molar-refractivity contribution in [1.29, 1.82) is 0 Å². The Morgan fingerprint density at radius 2 is 2.41 bits per heavy atom. The highest BCUT2D eigenvalue weighted by molar-refractivity contribution is 5.91. The molecule has 0 aromatic carbocycles. The molecule has 1 aliphatic heterocycles. The zero-order valence-corrected chi connectivity index (χ0v) is 9.35.